The van der Waals surface area contributed by atoms with Gasteiger partial charge in [0.25, 0.3) is 5.91 Å². The molecule has 0 aliphatic rings. The van der Waals surface area contributed by atoms with Gasteiger partial charge in [-0.15, -0.1) is 0 Å². The smallest absolute Gasteiger partial charge is 0.262 e. The molecule has 104 valence electrons. The van der Waals surface area contributed by atoms with Crippen molar-refractivity contribution in [3.63, 3.8) is 0 Å². The van der Waals surface area contributed by atoms with Gasteiger partial charge in [0.2, 0.25) is 0 Å². The zero-order valence-electron chi connectivity index (χ0n) is 11.2. The lowest BCUT2D eigenvalue weighted by Crippen LogP contribution is -2.14. The Hall–Kier alpha value is -2.56. The number of nitrogens with zero attached hydrogens (tertiary/aromatic N) is 1. The molecule has 0 saturated carbocycles. The number of phenols is 1. The van der Waals surface area contributed by atoms with Gasteiger partial charge >= 0.3 is 0 Å². The molecule has 20 heavy (non-hydrogen) atoms. The minimum Gasteiger partial charge on any atom is -0.507 e. The first kappa shape index (κ1) is 13.9. The highest BCUT2D eigenvalue weighted by atomic mass is 19.1. The summed E-state index contributed by atoms with van der Waals surface area (Å²) in [5.41, 5.74) is 1.16. The van der Waals surface area contributed by atoms with E-state index < -0.39 is 11.7 Å². The molecule has 2 aromatic carbocycles. The Morgan fingerprint density at radius 2 is 1.80 bits per heavy atom. The number of hydrogen-bond acceptors (Lipinski definition) is 3. The summed E-state index contributed by atoms with van der Waals surface area (Å²) in [5, 5.41) is 12.1. The van der Waals surface area contributed by atoms with Gasteiger partial charge in [-0.05, 0) is 36.4 Å². The molecular weight excluding hydrogens is 259 g/mol. The predicted molar refractivity (Wildman–Crippen MR) is 76.8 cm³/mol. The molecule has 0 aliphatic heterocycles. The summed E-state index contributed by atoms with van der Waals surface area (Å²) in [4.78, 5) is 13.9. The van der Waals surface area contributed by atoms with Crippen LogP contribution >= 0.6 is 0 Å². The van der Waals surface area contributed by atoms with Gasteiger partial charge in [-0.2, -0.15) is 0 Å². The van der Waals surface area contributed by atoms with Gasteiger partial charge in [0.15, 0.2) is 0 Å². The quantitative estimate of drug-likeness (QED) is 0.905. The van der Waals surface area contributed by atoms with E-state index in [1.165, 1.54) is 12.1 Å². The number of anilines is 2. The van der Waals surface area contributed by atoms with Crippen molar-refractivity contribution in [1.29, 1.82) is 0 Å². The number of rotatable bonds is 3. The van der Waals surface area contributed by atoms with E-state index in [4.69, 9.17) is 0 Å². The fraction of sp³-hybridized carbons (Fsp3) is 0.133. The number of hydrogen-bond donors (Lipinski definition) is 2. The fourth-order valence-corrected chi connectivity index (χ4v) is 1.77. The third-order valence-corrected chi connectivity index (χ3v) is 2.86. The topological polar surface area (TPSA) is 52.6 Å². The van der Waals surface area contributed by atoms with Crippen molar-refractivity contribution < 1.29 is 14.3 Å². The number of halogens is 1. The molecule has 0 aromatic heterocycles. The van der Waals surface area contributed by atoms with Crippen molar-refractivity contribution in [1.82, 2.24) is 0 Å². The van der Waals surface area contributed by atoms with E-state index in [0.717, 1.165) is 11.8 Å². The minimum atomic E-state index is -0.757. The second-order valence-corrected chi connectivity index (χ2v) is 4.53. The van der Waals surface area contributed by atoms with Gasteiger partial charge in [-0.1, -0.05) is 6.07 Å². The average Bonchev–Trinajstić information content (AvgIpc) is 2.39. The molecule has 0 radical (unpaired) electrons. The monoisotopic (exact) mass is 274 g/mol. The summed E-state index contributed by atoms with van der Waals surface area (Å²) < 4.78 is 13.5. The van der Waals surface area contributed by atoms with E-state index in [9.17, 15) is 14.3 Å². The van der Waals surface area contributed by atoms with Crippen molar-refractivity contribution in [3.8, 4) is 5.75 Å². The van der Waals surface area contributed by atoms with E-state index in [1.54, 1.807) is 12.1 Å². The summed E-state index contributed by atoms with van der Waals surface area (Å²) in [7, 11) is 3.82. The summed E-state index contributed by atoms with van der Waals surface area (Å²) in [6.45, 7) is 0. The second kappa shape index (κ2) is 5.61. The maximum absolute atomic E-state index is 13.5. The number of nitrogens with one attached hydrogen (secondary N) is 1. The molecule has 5 heteroatoms. The summed E-state index contributed by atoms with van der Waals surface area (Å²) in [6, 6.07) is 10.8. The molecule has 2 aromatic rings. The Morgan fingerprint density at radius 3 is 2.35 bits per heavy atom. The number of amides is 1. The third kappa shape index (κ3) is 2.88. The maximum atomic E-state index is 13.5. The van der Waals surface area contributed by atoms with Crippen LogP contribution in [0.5, 0.6) is 5.75 Å². The van der Waals surface area contributed by atoms with E-state index in [2.05, 4.69) is 5.32 Å². The van der Waals surface area contributed by atoms with E-state index in [0.29, 0.717) is 5.69 Å². The van der Waals surface area contributed by atoms with Crippen LogP contribution in [0.2, 0.25) is 0 Å². The van der Waals surface area contributed by atoms with Crippen molar-refractivity contribution >= 4 is 17.3 Å². The number of carbonyl (C=O) groups excluding carboxylic acids is 1. The van der Waals surface area contributed by atoms with Crippen LogP contribution in [0.3, 0.4) is 0 Å². The Morgan fingerprint density at radius 1 is 1.15 bits per heavy atom. The van der Waals surface area contributed by atoms with Crippen molar-refractivity contribution in [3.05, 3.63) is 53.8 Å². The lowest BCUT2D eigenvalue weighted by atomic mass is 10.1. The van der Waals surface area contributed by atoms with Gasteiger partial charge in [-0.3, -0.25) is 4.79 Å². The van der Waals surface area contributed by atoms with Crippen LogP contribution in [0.25, 0.3) is 0 Å². The highest BCUT2D eigenvalue weighted by molar-refractivity contribution is 6.06. The van der Waals surface area contributed by atoms with Gasteiger partial charge in [0.1, 0.15) is 17.1 Å². The molecule has 0 fully saturated rings. The molecule has 0 unspecified atom stereocenters. The first-order valence-corrected chi connectivity index (χ1v) is 6.05. The number of carbonyl (C=O) groups is 1. The van der Waals surface area contributed by atoms with E-state index in [-0.39, 0.29) is 11.3 Å². The number of benzene rings is 2. The lowest BCUT2D eigenvalue weighted by molar-refractivity contribution is 0.102. The van der Waals surface area contributed by atoms with Crippen LogP contribution in [-0.2, 0) is 0 Å². The second-order valence-electron chi connectivity index (χ2n) is 4.53. The van der Waals surface area contributed by atoms with Gasteiger partial charge in [0, 0.05) is 25.5 Å². The number of aromatic hydroxyl groups is 1. The van der Waals surface area contributed by atoms with E-state index in [1.807, 2.05) is 31.1 Å². The fourth-order valence-electron chi connectivity index (χ4n) is 1.77. The molecule has 0 aliphatic carbocycles. The van der Waals surface area contributed by atoms with E-state index >= 15 is 0 Å². The molecule has 0 atom stereocenters. The maximum Gasteiger partial charge on any atom is 0.262 e. The molecule has 4 nitrogen and oxygen atoms in total. The first-order chi connectivity index (χ1) is 9.49. The van der Waals surface area contributed by atoms with Crippen LogP contribution in [0.1, 0.15) is 10.4 Å². The molecule has 2 rings (SSSR count). The predicted octanol–water partition coefficient (Wildman–Crippen LogP) is 2.85. The first-order valence-electron chi connectivity index (χ1n) is 6.05. The standard InChI is InChI=1S/C15H15FN2O2/c1-18(2)11-8-6-10(7-9-11)17-15(20)14-12(16)4-3-5-13(14)19/h3-9,19H,1-2H3,(H,17,20). The normalized spacial score (nSPS) is 10.2. The third-order valence-electron chi connectivity index (χ3n) is 2.86. The van der Waals surface area contributed by atoms with Crippen molar-refractivity contribution in [2.75, 3.05) is 24.3 Å². The van der Waals surface area contributed by atoms with Crippen LogP contribution < -0.4 is 10.2 Å². The zero-order chi connectivity index (χ0) is 14.7. The molecule has 0 spiro atoms. The SMILES string of the molecule is CN(C)c1ccc(NC(=O)c2c(O)cccc2F)cc1. The lowest BCUT2D eigenvalue weighted by Gasteiger charge is -2.13. The summed E-state index contributed by atoms with van der Waals surface area (Å²) in [5.74, 6) is -1.82. The van der Waals surface area contributed by atoms with Crippen LogP contribution in [0, 0.1) is 5.82 Å². The molecule has 0 saturated heterocycles. The Bertz CT molecular complexity index is 604. The molecule has 0 heterocycles. The summed E-state index contributed by atoms with van der Waals surface area (Å²) in [6.07, 6.45) is 0. The van der Waals surface area contributed by atoms with Crippen molar-refractivity contribution in [2.24, 2.45) is 0 Å². The molecular formula is C15H15FN2O2. The molecule has 0 bridgehead atoms. The Kier molecular flexibility index (Phi) is 3.89. The average molecular weight is 274 g/mol. The van der Waals surface area contributed by atoms with Crippen LogP contribution in [0.15, 0.2) is 42.5 Å². The van der Waals surface area contributed by atoms with Gasteiger partial charge < -0.3 is 15.3 Å². The highest BCUT2D eigenvalue weighted by Crippen LogP contribution is 2.22. The highest BCUT2D eigenvalue weighted by Gasteiger charge is 2.16. The molecule has 1 amide bonds. The summed E-state index contributed by atoms with van der Waals surface area (Å²) >= 11 is 0. The number of phenolic OH excluding ortho intramolecular Hbond substituents is 1. The van der Waals surface area contributed by atoms with Crippen LogP contribution in [-0.4, -0.2) is 25.1 Å². The van der Waals surface area contributed by atoms with Gasteiger partial charge in [-0.25, -0.2) is 4.39 Å². The Balaban J connectivity index is 2.19. The van der Waals surface area contributed by atoms with Crippen LogP contribution in [0.4, 0.5) is 15.8 Å². The van der Waals surface area contributed by atoms with Gasteiger partial charge in [0.05, 0.1) is 0 Å². The zero-order valence-corrected chi connectivity index (χ0v) is 11.2. The largest absolute Gasteiger partial charge is 0.507 e. The van der Waals surface area contributed by atoms with Crippen molar-refractivity contribution in [2.45, 2.75) is 0 Å². The Labute approximate surface area is 116 Å². The minimum absolute atomic E-state index is 0.357. The molecule has 2 N–H and O–H groups in total.